The lowest BCUT2D eigenvalue weighted by Gasteiger charge is -2.34. The SMILES string of the molecule is CN=C(NCc1ncc(C)s1)N1CCC(Oc2ccccc2)CC1. The first-order valence-corrected chi connectivity index (χ1v) is 9.15. The van der Waals surface area contributed by atoms with Crippen LogP contribution in [0.25, 0.3) is 0 Å². The summed E-state index contributed by atoms with van der Waals surface area (Å²) >= 11 is 1.72. The smallest absolute Gasteiger partial charge is 0.193 e. The Kier molecular flexibility index (Phi) is 5.69. The summed E-state index contributed by atoms with van der Waals surface area (Å²) in [5, 5.41) is 4.51. The molecule has 24 heavy (non-hydrogen) atoms. The van der Waals surface area contributed by atoms with E-state index in [2.05, 4.69) is 27.1 Å². The van der Waals surface area contributed by atoms with Gasteiger partial charge in [-0.05, 0) is 19.1 Å². The molecule has 2 heterocycles. The number of aliphatic imine (C=N–C) groups is 1. The Morgan fingerprint density at radius 1 is 1.33 bits per heavy atom. The molecule has 6 heteroatoms. The normalized spacial score (nSPS) is 16.2. The van der Waals surface area contributed by atoms with Gasteiger partial charge in [0.25, 0.3) is 0 Å². The molecule has 1 aromatic carbocycles. The molecule has 0 radical (unpaired) electrons. The number of likely N-dealkylation sites (tertiary alicyclic amines) is 1. The number of hydrogen-bond acceptors (Lipinski definition) is 4. The predicted octanol–water partition coefficient (Wildman–Crippen LogP) is 3.07. The van der Waals surface area contributed by atoms with Gasteiger partial charge in [-0.2, -0.15) is 0 Å². The molecule has 1 saturated heterocycles. The van der Waals surface area contributed by atoms with E-state index >= 15 is 0 Å². The second-order valence-corrected chi connectivity index (χ2v) is 7.20. The van der Waals surface area contributed by atoms with E-state index in [0.717, 1.165) is 49.2 Å². The zero-order valence-corrected chi connectivity index (χ0v) is 15.1. The number of nitrogens with one attached hydrogen (secondary N) is 1. The molecule has 2 aromatic rings. The van der Waals surface area contributed by atoms with Gasteiger partial charge in [0.2, 0.25) is 0 Å². The molecule has 1 N–H and O–H groups in total. The maximum absolute atomic E-state index is 6.05. The van der Waals surface area contributed by atoms with Crippen LogP contribution >= 0.6 is 11.3 Å². The van der Waals surface area contributed by atoms with Crippen molar-refractivity contribution in [2.75, 3.05) is 20.1 Å². The molecule has 3 rings (SSSR count). The Bertz CT molecular complexity index is 663. The first-order valence-electron chi connectivity index (χ1n) is 8.33. The number of benzene rings is 1. The fraction of sp³-hybridized carbons (Fsp3) is 0.444. The van der Waals surface area contributed by atoms with Crippen molar-refractivity contribution in [3.63, 3.8) is 0 Å². The second kappa shape index (κ2) is 8.15. The molecular weight excluding hydrogens is 320 g/mol. The minimum absolute atomic E-state index is 0.281. The summed E-state index contributed by atoms with van der Waals surface area (Å²) in [6.45, 7) is 4.71. The van der Waals surface area contributed by atoms with Gasteiger partial charge in [-0.3, -0.25) is 4.99 Å². The summed E-state index contributed by atoms with van der Waals surface area (Å²) in [6.07, 6.45) is 4.21. The molecule has 1 fully saturated rings. The van der Waals surface area contributed by atoms with Gasteiger partial charge in [0.15, 0.2) is 5.96 Å². The van der Waals surface area contributed by atoms with E-state index in [-0.39, 0.29) is 6.10 Å². The highest BCUT2D eigenvalue weighted by molar-refractivity contribution is 7.11. The molecule has 0 unspecified atom stereocenters. The standard InChI is InChI=1S/C18H24N4OS/c1-14-12-20-17(24-14)13-21-18(19-2)22-10-8-16(9-11-22)23-15-6-4-3-5-7-15/h3-7,12,16H,8-11,13H2,1-2H3,(H,19,21). The third-order valence-corrected chi connectivity index (χ3v) is 4.98. The van der Waals surface area contributed by atoms with Crippen molar-refractivity contribution in [1.82, 2.24) is 15.2 Å². The Morgan fingerprint density at radius 3 is 2.71 bits per heavy atom. The van der Waals surface area contributed by atoms with E-state index in [4.69, 9.17) is 4.74 Å². The van der Waals surface area contributed by atoms with Crippen LogP contribution in [0.5, 0.6) is 5.75 Å². The van der Waals surface area contributed by atoms with Crippen LogP contribution in [0.4, 0.5) is 0 Å². The van der Waals surface area contributed by atoms with Gasteiger partial charge in [0, 0.05) is 44.1 Å². The van der Waals surface area contributed by atoms with Crippen LogP contribution in [0.3, 0.4) is 0 Å². The van der Waals surface area contributed by atoms with Gasteiger partial charge in [-0.25, -0.2) is 4.98 Å². The Balaban J connectivity index is 1.47. The average molecular weight is 344 g/mol. The maximum Gasteiger partial charge on any atom is 0.193 e. The molecule has 0 aliphatic carbocycles. The van der Waals surface area contributed by atoms with Crippen LogP contribution in [0.1, 0.15) is 22.7 Å². The minimum atomic E-state index is 0.281. The molecule has 0 amide bonds. The van der Waals surface area contributed by atoms with Gasteiger partial charge >= 0.3 is 0 Å². The molecule has 1 aromatic heterocycles. The summed E-state index contributed by atoms with van der Waals surface area (Å²) in [7, 11) is 1.84. The lowest BCUT2D eigenvalue weighted by molar-refractivity contribution is 0.129. The van der Waals surface area contributed by atoms with Crippen molar-refractivity contribution in [1.29, 1.82) is 0 Å². The van der Waals surface area contributed by atoms with Crippen molar-refractivity contribution in [3.8, 4) is 5.75 Å². The van der Waals surface area contributed by atoms with Crippen molar-refractivity contribution in [2.45, 2.75) is 32.4 Å². The van der Waals surface area contributed by atoms with Crippen LogP contribution in [0, 0.1) is 6.92 Å². The Morgan fingerprint density at radius 2 is 2.08 bits per heavy atom. The first kappa shape index (κ1) is 16.8. The molecule has 128 valence electrons. The largest absolute Gasteiger partial charge is 0.490 e. The number of para-hydroxylation sites is 1. The molecule has 0 spiro atoms. The number of hydrogen-bond donors (Lipinski definition) is 1. The topological polar surface area (TPSA) is 49.8 Å². The molecule has 1 aliphatic heterocycles. The van der Waals surface area contributed by atoms with E-state index in [1.54, 1.807) is 11.3 Å². The maximum atomic E-state index is 6.05. The quantitative estimate of drug-likeness (QED) is 0.684. The fourth-order valence-corrected chi connectivity index (χ4v) is 3.57. The molecule has 1 aliphatic rings. The number of nitrogens with zero attached hydrogens (tertiary/aromatic N) is 3. The number of aromatic nitrogens is 1. The Hall–Kier alpha value is -2.08. The number of guanidine groups is 1. The second-order valence-electron chi connectivity index (χ2n) is 5.88. The van der Waals surface area contributed by atoms with Crippen molar-refractivity contribution >= 4 is 17.3 Å². The number of ether oxygens (including phenoxy) is 1. The van der Waals surface area contributed by atoms with Crippen LogP contribution in [0.15, 0.2) is 41.5 Å². The van der Waals surface area contributed by atoms with Gasteiger partial charge in [0.1, 0.15) is 16.9 Å². The first-order chi connectivity index (χ1) is 11.7. The van der Waals surface area contributed by atoms with Crippen LogP contribution < -0.4 is 10.1 Å². The number of aryl methyl sites for hydroxylation is 1. The Labute approximate surface area is 147 Å². The number of piperidine rings is 1. The van der Waals surface area contributed by atoms with E-state index in [0.29, 0.717) is 0 Å². The zero-order valence-electron chi connectivity index (χ0n) is 14.2. The average Bonchev–Trinajstić information content (AvgIpc) is 3.03. The number of thiazole rings is 1. The summed E-state index contributed by atoms with van der Waals surface area (Å²) in [6, 6.07) is 10.1. The van der Waals surface area contributed by atoms with Crippen molar-refractivity contribution in [2.24, 2.45) is 4.99 Å². The van der Waals surface area contributed by atoms with Crippen LogP contribution in [-0.2, 0) is 6.54 Å². The highest BCUT2D eigenvalue weighted by atomic mass is 32.1. The van der Waals surface area contributed by atoms with E-state index in [1.807, 2.05) is 43.6 Å². The van der Waals surface area contributed by atoms with Crippen LogP contribution in [0.2, 0.25) is 0 Å². The molecule has 0 bridgehead atoms. The third kappa shape index (κ3) is 4.47. The van der Waals surface area contributed by atoms with E-state index in [1.165, 1.54) is 4.88 Å². The monoisotopic (exact) mass is 344 g/mol. The lowest BCUT2D eigenvalue weighted by Crippen LogP contribution is -2.47. The van der Waals surface area contributed by atoms with Gasteiger partial charge in [-0.1, -0.05) is 18.2 Å². The van der Waals surface area contributed by atoms with Gasteiger partial charge < -0.3 is 15.0 Å². The molecule has 5 nitrogen and oxygen atoms in total. The summed E-state index contributed by atoms with van der Waals surface area (Å²) < 4.78 is 6.05. The molecule has 0 saturated carbocycles. The fourth-order valence-electron chi connectivity index (χ4n) is 2.85. The highest BCUT2D eigenvalue weighted by Crippen LogP contribution is 2.19. The van der Waals surface area contributed by atoms with Gasteiger partial charge in [0.05, 0.1) is 6.54 Å². The molecule has 0 atom stereocenters. The predicted molar refractivity (Wildman–Crippen MR) is 98.7 cm³/mol. The highest BCUT2D eigenvalue weighted by Gasteiger charge is 2.22. The van der Waals surface area contributed by atoms with Gasteiger partial charge in [-0.15, -0.1) is 11.3 Å². The van der Waals surface area contributed by atoms with Crippen LogP contribution in [-0.4, -0.2) is 42.1 Å². The zero-order chi connectivity index (χ0) is 16.8. The lowest BCUT2D eigenvalue weighted by atomic mass is 10.1. The van der Waals surface area contributed by atoms with E-state index in [9.17, 15) is 0 Å². The summed E-state index contributed by atoms with van der Waals surface area (Å²) in [5.74, 6) is 1.90. The minimum Gasteiger partial charge on any atom is -0.490 e. The molecular formula is C18H24N4OS. The summed E-state index contributed by atoms with van der Waals surface area (Å²) in [4.78, 5) is 12.3. The van der Waals surface area contributed by atoms with E-state index < -0.39 is 0 Å². The van der Waals surface area contributed by atoms with Crippen molar-refractivity contribution in [3.05, 3.63) is 46.4 Å². The summed E-state index contributed by atoms with van der Waals surface area (Å²) in [5.41, 5.74) is 0. The number of rotatable bonds is 4. The van der Waals surface area contributed by atoms with Crippen molar-refractivity contribution < 1.29 is 4.74 Å². The third-order valence-electron chi connectivity index (χ3n) is 4.07.